The Kier molecular flexibility index (Phi) is 4.09. The SMILES string of the molecule is O=C(ON1CC=C(c2cccc3ccccc23)CC1)C(F)(F)F. The van der Waals surface area contributed by atoms with E-state index in [1.54, 1.807) is 6.08 Å². The Morgan fingerprint density at radius 1 is 1.09 bits per heavy atom. The van der Waals surface area contributed by atoms with Crippen LogP contribution in [0.15, 0.2) is 48.5 Å². The number of hydrogen-bond acceptors (Lipinski definition) is 3. The average Bonchev–Trinajstić information content (AvgIpc) is 2.54. The van der Waals surface area contributed by atoms with Crippen molar-refractivity contribution in [3.05, 3.63) is 54.1 Å². The number of alkyl halides is 3. The molecule has 0 radical (unpaired) electrons. The lowest BCUT2D eigenvalue weighted by Crippen LogP contribution is -2.37. The maximum absolute atomic E-state index is 12.2. The summed E-state index contributed by atoms with van der Waals surface area (Å²) in [5.74, 6) is -2.18. The fourth-order valence-electron chi connectivity index (χ4n) is 2.65. The minimum absolute atomic E-state index is 0.139. The van der Waals surface area contributed by atoms with Crippen molar-refractivity contribution in [2.24, 2.45) is 0 Å². The Morgan fingerprint density at radius 3 is 2.52 bits per heavy atom. The van der Waals surface area contributed by atoms with Crippen molar-refractivity contribution in [1.29, 1.82) is 0 Å². The molecule has 0 saturated heterocycles. The van der Waals surface area contributed by atoms with Gasteiger partial charge in [-0.15, -0.1) is 5.06 Å². The molecular formula is C17H14F3NO2. The van der Waals surface area contributed by atoms with Crippen molar-refractivity contribution in [1.82, 2.24) is 5.06 Å². The molecule has 3 rings (SSSR count). The van der Waals surface area contributed by atoms with E-state index < -0.39 is 12.1 Å². The fourth-order valence-corrected chi connectivity index (χ4v) is 2.65. The summed E-state index contributed by atoms with van der Waals surface area (Å²) in [5.41, 5.74) is 2.10. The fraction of sp³-hybridized carbons (Fsp3) is 0.235. The molecule has 2 aromatic rings. The van der Waals surface area contributed by atoms with Crippen LogP contribution in [0.1, 0.15) is 12.0 Å². The van der Waals surface area contributed by atoms with Gasteiger partial charge in [0.1, 0.15) is 0 Å². The van der Waals surface area contributed by atoms with Gasteiger partial charge >= 0.3 is 12.1 Å². The summed E-state index contributed by atoms with van der Waals surface area (Å²) in [4.78, 5) is 15.2. The quantitative estimate of drug-likeness (QED) is 0.839. The van der Waals surface area contributed by atoms with Crippen LogP contribution in [-0.2, 0) is 9.63 Å². The first kappa shape index (κ1) is 15.6. The van der Waals surface area contributed by atoms with Crippen LogP contribution in [-0.4, -0.2) is 30.3 Å². The number of nitrogens with zero attached hydrogens (tertiary/aromatic N) is 1. The molecule has 0 fully saturated rings. The number of hydrogen-bond donors (Lipinski definition) is 0. The van der Waals surface area contributed by atoms with Gasteiger partial charge in [0.15, 0.2) is 0 Å². The third kappa shape index (κ3) is 3.37. The van der Waals surface area contributed by atoms with E-state index in [0.717, 1.165) is 27.0 Å². The molecule has 0 amide bonds. The number of hydroxylamine groups is 2. The highest BCUT2D eigenvalue weighted by molar-refractivity contribution is 5.94. The zero-order chi connectivity index (χ0) is 16.4. The van der Waals surface area contributed by atoms with Crippen molar-refractivity contribution in [2.75, 3.05) is 13.1 Å². The molecule has 0 unspecified atom stereocenters. The highest BCUT2D eigenvalue weighted by Gasteiger charge is 2.42. The van der Waals surface area contributed by atoms with Gasteiger partial charge in [0.05, 0.1) is 6.54 Å². The normalized spacial score (nSPS) is 16.2. The van der Waals surface area contributed by atoms with Gasteiger partial charge in [-0.2, -0.15) is 13.2 Å². The molecule has 6 heteroatoms. The summed E-state index contributed by atoms with van der Waals surface area (Å²) in [6.07, 6.45) is -2.66. The third-order valence-corrected chi connectivity index (χ3v) is 3.75. The van der Waals surface area contributed by atoms with Gasteiger partial charge in [-0.1, -0.05) is 48.5 Å². The van der Waals surface area contributed by atoms with E-state index in [1.165, 1.54) is 0 Å². The molecule has 1 aliphatic rings. The van der Waals surface area contributed by atoms with E-state index in [1.807, 2.05) is 42.5 Å². The topological polar surface area (TPSA) is 29.5 Å². The summed E-state index contributed by atoms with van der Waals surface area (Å²) in [5, 5.41) is 3.24. The molecule has 0 N–H and O–H groups in total. The van der Waals surface area contributed by atoms with Gasteiger partial charge in [0.25, 0.3) is 0 Å². The summed E-state index contributed by atoms with van der Waals surface area (Å²) >= 11 is 0. The van der Waals surface area contributed by atoms with Gasteiger partial charge in [-0.3, -0.25) is 0 Å². The standard InChI is InChI=1S/C17H14F3NO2/c18-17(19,20)16(22)23-21-10-8-13(9-11-21)15-7-3-5-12-4-1-2-6-14(12)15/h1-8H,9-11H2. The Hall–Kier alpha value is -2.34. The van der Waals surface area contributed by atoms with Crippen LogP contribution >= 0.6 is 0 Å². The van der Waals surface area contributed by atoms with Crippen molar-refractivity contribution in [3.63, 3.8) is 0 Å². The van der Waals surface area contributed by atoms with E-state index >= 15 is 0 Å². The molecule has 1 aliphatic heterocycles. The monoisotopic (exact) mass is 321 g/mol. The highest BCUT2D eigenvalue weighted by Crippen LogP contribution is 2.29. The molecule has 0 aromatic heterocycles. The molecule has 0 spiro atoms. The maximum Gasteiger partial charge on any atom is 0.492 e. The van der Waals surface area contributed by atoms with E-state index in [2.05, 4.69) is 4.84 Å². The van der Waals surface area contributed by atoms with Gasteiger partial charge in [-0.25, -0.2) is 4.79 Å². The lowest BCUT2D eigenvalue weighted by Gasteiger charge is -2.25. The van der Waals surface area contributed by atoms with Crippen molar-refractivity contribution >= 4 is 22.3 Å². The maximum atomic E-state index is 12.2. The van der Waals surface area contributed by atoms with E-state index in [9.17, 15) is 18.0 Å². The van der Waals surface area contributed by atoms with Crippen LogP contribution in [0.25, 0.3) is 16.3 Å². The van der Waals surface area contributed by atoms with Crippen molar-refractivity contribution in [3.8, 4) is 0 Å². The van der Waals surface area contributed by atoms with E-state index in [0.29, 0.717) is 6.42 Å². The first-order valence-corrected chi connectivity index (χ1v) is 7.16. The van der Waals surface area contributed by atoms with Crippen molar-refractivity contribution in [2.45, 2.75) is 12.6 Å². The smallest absolute Gasteiger partial charge is 0.360 e. The highest BCUT2D eigenvalue weighted by atomic mass is 19.4. The average molecular weight is 321 g/mol. The Bertz CT molecular complexity index is 763. The summed E-state index contributed by atoms with van der Waals surface area (Å²) in [6.45, 7) is 0.372. The largest absolute Gasteiger partial charge is 0.492 e. The van der Waals surface area contributed by atoms with Crippen LogP contribution in [0.5, 0.6) is 0 Å². The lowest BCUT2D eigenvalue weighted by atomic mass is 9.95. The summed E-state index contributed by atoms with van der Waals surface area (Å²) < 4.78 is 36.6. The molecule has 23 heavy (non-hydrogen) atoms. The number of fused-ring (bicyclic) bond motifs is 1. The molecule has 0 saturated carbocycles. The van der Waals surface area contributed by atoms with Gasteiger partial charge in [0.2, 0.25) is 0 Å². The van der Waals surface area contributed by atoms with Gasteiger partial charge < -0.3 is 4.84 Å². The van der Waals surface area contributed by atoms with Crippen LogP contribution in [0.3, 0.4) is 0 Å². The second-order valence-electron chi connectivity index (χ2n) is 5.27. The molecule has 120 valence electrons. The van der Waals surface area contributed by atoms with Crippen LogP contribution in [0.4, 0.5) is 13.2 Å². The number of carbonyl (C=O) groups excluding carboxylic acids is 1. The number of benzene rings is 2. The molecule has 2 aromatic carbocycles. The Balaban J connectivity index is 1.77. The molecule has 0 aliphatic carbocycles. The first-order valence-electron chi connectivity index (χ1n) is 7.16. The van der Waals surface area contributed by atoms with Crippen LogP contribution in [0.2, 0.25) is 0 Å². The zero-order valence-corrected chi connectivity index (χ0v) is 12.1. The minimum atomic E-state index is -4.97. The van der Waals surface area contributed by atoms with E-state index in [4.69, 9.17) is 0 Å². The van der Waals surface area contributed by atoms with Gasteiger partial charge in [0, 0.05) is 6.54 Å². The predicted molar refractivity (Wildman–Crippen MR) is 80.3 cm³/mol. The minimum Gasteiger partial charge on any atom is -0.360 e. The Labute approximate surface area is 130 Å². The summed E-state index contributed by atoms with van der Waals surface area (Å²) in [7, 11) is 0. The molecule has 0 atom stereocenters. The van der Waals surface area contributed by atoms with Crippen molar-refractivity contribution < 1.29 is 22.8 Å². The molecule has 0 bridgehead atoms. The summed E-state index contributed by atoms with van der Waals surface area (Å²) in [6, 6.07) is 13.9. The third-order valence-electron chi connectivity index (χ3n) is 3.75. The molecular weight excluding hydrogens is 307 g/mol. The predicted octanol–water partition coefficient (Wildman–Crippen LogP) is 3.95. The second-order valence-corrected chi connectivity index (χ2v) is 5.27. The van der Waals surface area contributed by atoms with E-state index in [-0.39, 0.29) is 13.1 Å². The number of rotatable bonds is 2. The van der Waals surface area contributed by atoms with Gasteiger partial charge in [-0.05, 0) is 28.3 Å². The van der Waals surface area contributed by atoms with Crippen LogP contribution < -0.4 is 0 Å². The zero-order valence-electron chi connectivity index (χ0n) is 12.1. The Morgan fingerprint density at radius 2 is 1.83 bits per heavy atom. The number of carbonyl (C=O) groups is 1. The first-order chi connectivity index (χ1) is 10.9. The number of halogens is 3. The molecule has 3 nitrogen and oxygen atoms in total. The second kappa shape index (κ2) is 6.04. The molecule has 1 heterocycles. The lowest BCUT2D eigenvalue weighted by molar-refractivity contribution is -0.237. The van der Waals surface area contributed by atoms with Crippen LogP contribution in [0, 0.1) is 0 Å².